The van der Waals surface area contributed by atoms with Gasteiger partial charge in [-0.2, -0.15) is 16.7 Å². The van der Waals surface area contributed by atoms with Crippen molar-refractivity contribution in [3.8, 4) is 0 Å². The van der Waals surface area contributed by atoms with E-state index in [-0.39, 0.29) is 6.10 Å². The molecule has 0 aliphatic carbocycles. The van der Waals surface area contributed by atoms with Crippen LogP contribution in [0.2, 0.25) is 0 Å². The largest absolute Gasteiger partial charge is 0.381 e. The highest BCUT2D eigenvalue weighted by Gasteiger charge is 2.16. The molecule has 2 rings (SSSR count). The first-order chi connectivity index (χ1) is 8.79. The topological polar surface area (TPSA) is 57.4 Å². The van der Waals surface area contributed by atoms with Crippen LogP contribution >= 0.6 is 11.8 Å². The molecule has 0 bridgehead atoms. The normalized spacial score (nSPS) is 19.0. The summed E-state index contributed by atoms with van der Waals surface area (Å²) in [6.07, 6.45) is 2.23. The number of methoxy groups -OCH3 is 1. The first-order valence-electron chi connectivity index (χ1n) is 6.30. The molecule has 1 aliphatic heterocycles. The molecule has 5 nitrogen and oxygen atoms in total. The van der Waals surface area contributed by atoms with Gasteiger partial charge in [0.15, 0.2) is 5.82 Å². The summed E-state index contributed by atoms with van der Waals surface area (Å²) in [4.78, 5) is 4.32. The zero-order valence-electron chi connectivity index (χ0n) is 10.9. The molecule has 0 unspecified atom stereocenters. The fourth-order valence-electron chi connectivity index (χ4n) is 1.82. The number of hydrogen-bond acceptors (Lipinski definition) is 6. The Kier molecular flexibility index (Phi) is 5.46. The van der Waals surface area contributed by atoms with Gasteiger partial charge in [-0.15, -0.1) is 0 Å². The van der Waals surface area contributed by atoms with E-state index >= 15 is 0 Å². The molecule has 0 radical (unpaired) electrons. The van der Waals surface area contributed by atoms with E-state index in [0.29, 0.717) is 11.7 Å². The third-order valence-electron chi connectivity index (χ3n) is 3.12. The fraction of sp³-hybridized carbons (Fsp3) is 0.833. The Morgan fingerprint density at radius 1 is 1.44 bits per heavy atom. The van der Waals surface area contributed by atoms with Gasteiger partial charge < -0.3 is 14.0 Å². The van der Waals surface area contributed by atoms with E-state index in [2.05, 4.69) is 10.1 Å². The molecule has 6 heteroatoms. The Morgan fingerprint density at radius 3 is 2.94 bits per heavy atom. The van der Waals surface area contributed by atoms with E-state index in [9.17, 15) is 0 Å². The van der Waals surface area contributed by atoms with Crippen LogP contribution in [0, 0.1) is 5.92 Å². The molecule has 1 saturated heterocycles. The minimum absolute atomic E-state index is 0.108. The van der Waals surface area contributed by atoms with Crippen molar-refractivity contribution in [3.63, 3.8) is 0 Å². The average molecular weight is 272 g/mol. The number of thioether (sulfide) groups is 1. The van der Waals surface area contributed by atoms with Crippen LogP contribution in [0.15, 0.2) is 4.52 Å². The van der Waals surface area contributed by atoms with Gasteiger partial charge in [-0.3, -0.25) is 0 Å². The summed E-state index contributed by atoms with van der Waals surface area (Å²) in [6.45, 7) is 3.71. The molecule has 1 aliphatic rings. The second-order valence-corrected chi connectivity index (χ2v) is 5.53. The molecule has 0 amide bonds. The van der Waals surface area contributed by atoms with Gasteiger partial charge in [-0.1, -0.05) is 5.16 Å². The van der Waals surface area contributed by atoms with E-state index in [1.54, 1.807) is 7.11 Å². The van der Waals surface area contributed by atoms with Gasteiger partial charge in [0, 0.05) is 20.3 Å². The number of rotatable bonds is 6. The van der Waals surface area contributed by atoms with Gasteiger partial charge in [0.25, 0.3) is 0 Å². The molecule has 1 aromatic rings. The van der Waals surface area contributed by atoms with Crippen LogP contribution in [0.1, 0.15) is 37.6 Å². The molecular formula is C12H20N2O3S. The molecule has 0 aromatic carbocycles. The van der Waals surface area contributed by atoms with Crippen LogP contribution in [0.5, 0.6) is 0 Å². The van der Waals surface area contributed by atoms with Gasteiger partial charge in [-0.25, -0.2) is 0 Å². The summed E-state index contributed by atoms with van der Waals surface area (Å²) in [7, 11) is 1.64. The highest BCUT2D eigenvalue weighted by atomic mass is 32.2. The van der Waals surface area contributed by atoms with Crippen LogP contribution in [0.25, 0.3) is 0 Å². The maximum absolute atomic E-state index is 5.34. The third-order valence-corrected chi connectivity index (χ3v) is 4.28. The maximum atomic E-state index is 5.34. The molecule has 0 saturated carbocycles. The summed E-state index contributed by atoms with van der Waals surface area (Å²) < 4.78 is 15.7. The molecule has 102 valence electrons. The van der Waals surface area contributed by atoms with Gasteiger partial charge in [0.2, 0.25) is 5.89 Å². The minimum Gasteiger partial charge on any atom is -0.381 e. The van der Waals surface area contributed by atoms with E-state index in [1.165, 1.54) is 12.8 Å². The van der Waals surface area contributed by atoms with E-state index in [4.69, 9.17) is 14.0 Å². The number of aromatic nitrogens is 2. The molecular weight excluding hydrogens is 252 g/mol. The zero-order valence-corrected chi connectivity index (χ0v) is 11.7. The van der Waals surface area contributed by atoms with E-state index in [0.717, 1.165) is 30.6 Å². The summed E-state index contributed by atoms with van der Waals surface area (Å²) >= 11 is 1.85. The Bertz CT molecular complexity index is 353. The van der Waals surface area contributed by atoms with Crippen molar-refractivity contribution < 1.29 is 14.0 Å². The lowest BCUT2D eigenvalue weighted by atomic mass is 10.0. The van der Waals surface area contributed by atoms with Crippen LogP contribution in [0.3, 0.4) is 0 Å². The summed E-state index contributed by atoms with van der Waals surface area (Å²) in [6, 6.07) is 0. The second kappa shape index (κ2) is 7.11. The predicted molar refractivity (Wildman–Crippen MR) is 69.4 cm³/mol. The van der Waals surface area contributed by atoms with Crippen molar-refractivity contribution in [3.05, 3.63) is 11.7 Å². The van der Waals surface area contributed by atoms with Crippen molar-refractivity contribution in [1.29, 1.82) is 0 Å². The first kappa shape index (κ1) is 13.8. The number of ether oxygens (including phenoxy) is 2. The quantitative estimate of drug-likeness (QED) is 0.792. The fourth-order valence-corrected chi connectivity index (χ4v) is 2.90. The highest BCUT2D eigenvalue weighted by molar-refractivity contribution is 7.98. The van der Waals surface area contributed by atoms with Crippen molar-refractivity contribution in [1.82, 2.24) is 10.1 Å². The smallest absolute Gasteiger partial charge is 0.236 e. The SMILES string of the molecule is CO[C@H](C)c1noc(CSCC2CCOCC2)n1. The summed E-state index contributed by atoms with van der Waals surface area (Å²) in [5, 5.41) is 3.91. The lowest BCUT2D eigenvalue weighted by molar-refractivity contribution is 0.0728. The molecule has 18 heavy (non-hydrogen) atoms. The van der Waals surface area contributed by atoms with Crippen molar-refractivity contribution in [2.45, 2.75) is 31.6 Å². The lowest BCUT2D eigenvalue weighted by Crippen LogP contribution is -2.17. The van der Waals surface area contributed by atoms with Crippen LogP contribution in [0.4, 0.5) is 0 Å². The van der Waals surface area contributed by atoms with Crippen molar-refractivity contribution in [2.24, 2.45) is 5.92 Å². The van der Waals surface area contributed by atoms with Crippen molar-refractivity contribution >= 4 is 11.8 Å². The van der Waals surface area contributed by atoms with Gasteiger partial charge in [0.1, 0.15) is 6.10 Å². The molecule has 2 heterocycles. The lowest BCUT2D eigenvalue weighted by Gasteiger charge is -2.21. The van der Waals surface area contributed by atoms with E-state index in [1.807, 2.05) is 18.7 Å². The Labute approximate surface area is 112 Å². The number of nitrogens with zero attached hydrogens (tertiary/aromatic N) is 2. The van der Waals surface area contributed by atoms with Crippen LogP contribution < -0.4 is 0 Å². The Balaban J connectivity index is 1.71. The van der Waals surface area contributed by atoms with Gasteiger partial charge in [-0.05, 0) is 31.4 Å². The molecule has 0 spiro atoms. The Hall–Kier alpha value is -0.590. The molecule has 1 atom stereocenters. The molecule has 1 aromatic heterocycles. The average Bonchev–Trinajstić information content (AvgIpc) is 2.88. The van der Waals surface area contributed by atoms with Crippen LogP contribution in [-0.2, 0) is 15.2 Å². The maximum Gasteiger partial charge on any atom is 0.236 e. The second-order valence-electron chi connectivity index (χ2n) is 4.50. The first-order valence-corrected chi connectivity index (χ1v) is 7.46. The highest BCUT2D eigenvalue weighted by Crippen LogP contribution is 2.22. The van der Waals surface area contributed by atoms with Gasteiger partial charge >= 0.3 is 0 Å². The number of hydrogen-bond donors (Lipinski definition) is 0. The molecule has 0 N–H and O–H groups in total. The van der Waals surface area contributed by atoms with E-state index < -0.39 is 0 Å². The predicted octanol–water partition coefficient (Wildman–Crippen LogP) is 2.44. The molecule has 1 fully saturated rings. The van der Waals surface area contributed by atoms with Crippen molar-refractivity contribution in [2.75, 3.05) is 26.1 Å². The zero-order chi connectivity index (χ0) is 12.8. The minimum atomic E-state index is -0.108. The summed E-state index contributed by atoms with van der Waals surface area (Å²) in [5.74, 6) is 4.00. The Morgan fingerprint density at radius 2 is 2.22 bits per heavy atom. The van der Waals surface area contributed by atoms with Crippen LogP contribution in [-0.4, -0.2) is 36.2 Å². The summed E-state index contributed by atoms with van der Waals surface area (Å²) in [5.41, 5.74) is 0. The van der Waals surface area contributed by atoms with Gasteiger partial charge in [0.05, 0.1) is 5.75 Å². The standard InChI is InChI=1S/C12H20N2O3S/c1-9(15-2)12-13-11(17-14-12)8-18-7-10-3-5-16-6-4-10/h9-10H,3-8H2,1-2H3/t9-/m1/s1. The third kappa shape index (κ3) is 3.96. The monoisotopic (exact) mass is 272 g/mol.